The van der Waals surface area contributed by atoms with E-state index >= 15 is 0 Å². The molecule has 2 rings (SSSR count). The third kappa shape index (κ3) is 3.01. The average molecular weight is 220 g/mol. The highest BCUT2D eigenvalue weighted by Crippen LogP contribution is 2.15. The van der Waals surface area contributed by atoms with E-state index in [9.17, 15) is 0 Å². The van der Waals surface area contributed by atoms with E-state index in [-0.39, 0.29) is 0 Å². The Morgan fingerprint density at radius 3 is 3.25 bits per heavy atom. The molecule has 1 aliphatic heterocycles. The number of nitrogens with two attached hydrogens (primary N) is 1. The number of aromatic nitrogens is 1. The second-order valence-corrected chi connectivity index (χ2v) is 4.24. The van der Waals surface area contributed by atoms with Crippen molar-refractivity contribution in [3.63, 3.8) is 0 Å². The van der Waals surface area contributed by atoms with Gasteiger partial charge in [-0.3, -0.25) is 4.98 Å². The van der Waals surface area contributed by atoms with Gasteiger partial charge in [0.2, 0.25) is 0 Å². The molecule has 0 bridgehead atoms. The normalized spacial score (nSPS) is 22.2. The van der Waals surface area contributed by atoms with Gasteiger partial charge in [-0.15, -0.1) is 0 Å². The van der Waals surface area contributed by atoms with Crippen LogP contribution in [-0.2, 0) is 0 Å². The molecule has 0 spiro atoms. The zero-order chi connectivity index (χ0) is 11.2. The number of nitrogens with one attached hydrogen (secondary N) is 1. The Morgan fingerprint density at radius 2 is 2.50 bits per heavy atom. The Hall–Kier alpha value is -0.970. The van der Waals surface area contributed by atoms with E-state index in [1.165, 1.54) is 5.56 Å². The molecule has 1 aromatic rings. The van der Waals surface area contributed by atoms with Crippen LogP contribution in [0, 0.1) is 0 Å². The Labute approximate surface area is 96.8 Å². The smallest absolute Gasteiger partial charge is 0.0465 e. The van der Waals surface area contributed by atoms with Crippen LogP contribution in [-0.4, -0.2) is 42.6 Å². The molecule has 0 radical (unpaired) electrons. The monoisotopic (exact) mass is 220 g/mol. The predicted molar refractivity (Wildman–Crippen MR) is 65.1 cm³/mol. The maximum Gasteiger partial charge on any atom is 0.0465 e. The fourth-order valence-electron chi connectivity index (χ4n) is 2.13. The number of pyridine rings is 1. The lowest BCUT2D eigenvalue weighted by Gasteiger charge is -2.33. The van der Waals surface area contributed by atoms with Crippen molar-refractivity contribution in [3.8, 4) is 0 Å². The molecular formula is C12H20N4. The summed E-state index contributed by atoms with van der Waals surface area (Å²) in [6, 6.07) is 4.55. The van der Waals surface area contributed by atoms with Gasteiger partial charge in [-0.05, 0) is 31.1 Å². The summed E-state index contributed by atoms with van der Waals surface area (Å²) in [5.74, 6) is 0. The lowest BCUT2D eigenvalue weighted by atomic mass is 10.1. The first-order valence-corrected chi connectivity index (χ1v) is 5.96. The van der Waals surface area contributed by atoms with E-state index in [4.69, 9.17) is 5.73 Å². The van der Waals surface area contributed by atoms with Gasteiger partial charge in [-0.1, -0.05) is 6.07 Å². The molecule has 0 aliphatic carbocycles. The van der Waals surface area contributed by atoms with Crippen molar-refractivity contribution >= 4 is 0 Å². The van der Waals surface area contributed by atoms with Crippen molar-refractivity contribution in [1.29, 1.82) is 0 Å². The van der Waals surface area contributed by atoms with Crippen molar-refractivity contribution in [2.75, 3.05) is 32.7 Å². The van der Waals surface area contributed by atoms with Gasteiger partial charge in [-0.2, -0.15) is 0 Å². The van der Waals surface area contributed by atoms with Crippen molar-refractivity contribution in [2.24, 2.45) is 5.73 Å². The molecule has 1 aromatic heterocycles. The van der Waals surface area contributed by atoms with Gasteiger partial charge in [0, 0.05) is 38.1 Å². The minimum atomic E-state index is 0.417. The fraction of sp³-hybridized carbons (Fsp3) is 0.583. The van der Waals surface area contributed by atoms with Crippen LogP contribution in [0.3, 0.4) is 0 Å². The van der Waals surface area contributed by atoms with E-state index in [1.54, 1.807) is 0 Å². The molecule has 2 heterocycles. The Balaban J connectivity index is 1.91. The van der Waals surface area contributed by atoms with E-state index in [0.717, 1.165) is 39.1 Å². The summed E-state index contributed by atoms with van der Waals surface area (Å²) in [4.78, 5) is 6.64. The summed E-state index contributed by atoms with van der Waals surface area (Å²) in [5.41, 5.74) is 6.82. The number of hydrogen-bond donors (Lipinski definition) is 2. The van der Waals surface area contributed by atoms with E-state index in [1.807, 2.05) is 18.5 Å². The molecular weight excluding hydrogens is 200 g/mol. The first kappa shape index (κ1) is 11.5. The second-order valence-electron chi connectivity index (χ2n) is 4.24. The Bertz CT molecular complexity index is 301. The Kier molecular flexibility index (Phi) is 4.27. The SMILES string of the molecule is NCCCN1CCNC(c2cccnc2)C1. The molecule has 1 fully saturated rings. The van der Waals surface area contributed by atoms with Crippen LogP contribution in [0.2, 0.25) is 0 Å². The largest absolute Gasteiger partial charge is 0.330 e. The molecule has 0 saturated carbocycles. The highest BCUT2D eigenvalue weighted by molar-refractivity contribution is 5.15. The number of piperazine rings is 1. The van der Waals surface area contributed by atoms with Crippen LogP contribution >= 0.6 is 0 Å². The third-order valence-electron chi connectivity index (χ3n) is 3.02. The summed E-state index contributed by atoms with van der Waals surface area (Å²) in [6.45, 7) is 5.11. The summed E-state index contributed by atoms with van der Waals surface area (Å²) in [6.07, 6.45) is 4.85. The fourth-order valence-corrected chi connectivity index (χ4v) is 2.13. The van der Waals surface area contributed by atoms with E-state index < -0.39 is 0 Å². The number of hydrogen-bond acceptors (Lipinski definition) is 4. The third-order valence-corrected chi connectivity index (χ3v) is 3.02. The highest BCUT2D eigenvalue weighted by atomic mass is 15.2. The second kappa shape index (κ2) is 5.94. The van der Waals surface area contributed by atoms with Crippen LogP contribution in [0.1, 0.15) is 18.0 Å². The predicted octanol–water partition coefficient (Wildman–Crippen LogP) is 0.377. The highest BCUT2D eigenvalue weighted by Gasteiger charge is 2.19. The maximum atomic E-state index is 5.54. The molecule has 0 aromatic carbocycles. The number of nitrogens with zero attached hydrogens (tertiary/aromatic N) is 2. The molecule has 88 valence electrons. The van der Waals surface area contributed by atoms with Crippen LogP contribution in [0.25, 0.3) is 0 Å². The average Bonchev–Trinajstić information content (AvgIpc) is 2.38. The molecule has 4 heteroatoms. The first-order valence-electron chi connectivity index (χ1n) is 5.96. The molecule has 0 amide bonds. The quantitative estimate of drug-likeness (QED) is 0.770. The van der Waals surface area contributed by atoms with E-state index in [2.05, 4.69) is 21.3 Å². The summed E-state index contributed by atoms with van der Waals surface area (Å²) >= 11 is 0. The van der Waals surface area contributed by atoms with Crippen LogP contribution in [0.5, 0.6) is 0 Å². The zero-order valence-corrected chi connectivity index (χ0v) is 9.60. The van der Waals surface area contributed by atoms with Crippen LogP contribution < -0.4 is 11.1 Å². The van der Waals surface area contributed by atoms with Crippen LogP contribution in [0.4, 0.5) is 0 Å². The van der Waals surface area contributed by atoms with Gasteiger partial charge in [0.25, 0.3) is 0 Å². The molecule has 1 saturated heterocycles. The van der Waals surface area contributed by atoms with E-state index in [0.29, 0.717) is 6.04 Å². The molecule has 16 heavy (non-hydrogen) atoms. The van der Waals surface area contributed by atoms with Gasteiger partial charge >= 0.3 is 0 Å². The van der Waals surface area contributed by atoms with Crippen LogP contribution in [0.15, 0.2) is 24.5 Å². The standard InChI is InChI=1S/C12H20N4/c13-4-2-7-16-8-6-15-12(10-16)11-3-1-5-14-9-11/h1,3,5,9,12,15H,2,4,6-8,10,13H2. The van der Waals surface area contributed by atoms with Gasteiger partial charge in [0.1, 0.15) is 0 Å². The summed E-state index contributed by atoms with van der Waals surface area (Å²) in [5, 5.41) is 3.53. The number of rotatable bonds is 4. The van der Waals surface area contributed by atoms with Gasteiger partial charge in [-0.25, -0.2) is 0 Å². The minimum Gasteiger partial charge on any atom is -0.330 e. The topological polar surface area (TPSA) is 54.2 Å². The molecule has 1 aliphatic rings. The minimum absolute atomic E-state index is 0.417. The van der Waals surface area contributed by atoms with Crippen molar-refractivity contribution < 1.29 is 0 Å². The maximum absolute atomic E-state index is 5.54. The van der Waals surface area contributed by atoms with Gasteiger partial charge < -0.3 is 16.0 Å². The lowest BCUT2D eigenvalue weighted by Crippen LogP contribution is -2.46. The molecule has 1 unspecified atom stereocenters. The zero-order valence-electron chi connectivity index (χ0n) is 9.60. The van der Waals surface area contributed by atoms with Gasteiger partial charge in [0.05, 0.1) is 0 Å². The van der Waals surface area contributed by atoms with Gasteiger partial charge in [0.15, 0.2) is 0 Å². The van der Waals surface area contributed by atoms with Crippen molar-refractivity contribution in [3.05, 3.63) is 30.1 Å². The summed E-state index contributed by atoms with van der Waals surface area (Å²) in [7, 11) is 0. The van der Waals surface area contributed by atoms with Crippen molar-refractivity contribution in [1.82, 2.24) is 15.2 Å². The molecule has 3 N–H and O–H groups in total. The molecule has 1 atom stereocenters. The summed E-state index contributed by atoms with van der Waals surface area (Å²) < 4.78 is 0. The molecule has 4 nitrogen and oxygen atoms in total. The first-order chi connectivity index (χ1) is 7.90. The van der Waals surface area contributed by atoms with Crippen molar-refractivity contribution in [2.45, 2.75) is 12.5 Å². The Morgan fingerprint density at radius 1 is 1.56 bits per heavy atom. The lowest BCUT2D eigenvalue weighted by molar-refractivity contribution is 0.199.